The molecule has 0 radical (unpaired) electrons. The molecule has 2 heteroatoms. The summed E-state index contributed by atoms with van der Waals surface area (Å²) < 4.78 is 0. The molecule has 0 aromatic rings. The molecule has 0 bridgehead atoms. The average Bonchev–Trinajstić information content (AvgIpc) is 2.32. The summed E-state index contributed by atoms with van der Waals surface area (Å²) in [4.78, 5) is 5.15. The topological polar surface area (TPSA) is 6.48 Å². The Hall–Kier alpha value is -0.0800. The molecule has 0 unspecified atom stereocenters. The van der Waals surface area contributed by atoms with Gasteiger partial charge in [0, 0.05) is 6.04 Å². The summed E-state index contributed by atoms with van der Waals surface area (Å²) in [5.74, 6) is 0. The van der Waals surface area contributed by atoms with Gasteiger partial charge in [-0.2, -0.15) is 0 Å². The first-order valence-electron chi connectivity index (χ1n) is 7.20. The molecule has 98 valence electrons. The monoisotopic (exact) mass is 228 g/mol. The fourth-order valence-corrected chi connectivity index (χ4v) is 2.41. The summed E-state index contributed by atoms with van der Waals surface area (Å²) in [6, 6.07) is 0.867. The summed E-state index contributed by atoms with van der Waals surface area (Å²) in [6.07, 6.45) is 5.34. The second-order valence-corrected chi connectivity index (χ2v) is 4.57. The van der Waals surface area contributed by atoms with Crippen molar-refractivity contribution in [3.63, 3.8) is 0 Å². The minimum atomic E-state index is 0.867. The molecule has 0 aromatic heterocycles. The predicted molar refractivity (Wildman–Crippen MR) is 74.0 cm³/mol. The molecule has 0 amide bonds. The second-order valence-electron chi connectivity index (χ2n) is 4.57. The number of likely N-dealkylation sites (tertiary alicyclic amines) is 1. The van der Waals surface area contributed by atoms with Gasteiger partial charge in [0.2, 0.25) is 0 Å². The maximum Gasteiger partial charge on any atom is 0.0120 e. The Kier molecular flexibility index (Phi) is 10.0. The van der Waals surface area contributed by atoms with Crippen LogP contribution in [0.15, 0.2) is 0 Å². The van der Waals surface area contributed by atoms with Crippen LogP contribution in [0.5, 0.6) is 0 Å². The molecule has 1 aliphatic heterocycles. The quantitative estimate of drug-likeness (QED) is 0.713. The lowest BCUT2D eigenvalue weighted by Crippen LogP contribution is -2.44. The van der Waals surface area contributed by atoms with Gasteiger partial charge in [0.1, 0.15) is 0 Å². The molecule has 0 spiro atoms. The number of hydrogen-bond acceptors (Lipinski definition) is 2. The maximum absolute atomic E-state index is 2.70. The largest absolute Gasteiger partial charge is 0.306 e. The minimum absolute atomic E-state index is 0.867. The number of piperidine rings is 1. The van der Waals surface area contributed by atoms with Crippen LogP contribution in [0.25, 0.3) is 0 Å². The van der Waals surface area contributed by atoms with Gasteiger partial charge in [0.15, 0.2) is 0 Å². The number of rotatable bonds is 5. The fourth-order valence-electron chi connectivity index (χ4n) is 2.41. The van der Waals surface area contributed by atoms with Gasteiger partial charge in [-0.05, 0) is 58.9 Å². The molecule has 16 heavy (non-hydrogen) atoms. The lowest BCUT2D eigenvalue weighted by molar-refractivity contribution is 0.121. The zero-order valence-corrected chi connectivity index (χ0v) is 12.1. The van der Waals surface area contributed by atoms with E-state index in [9.17, 15) is 0 Å². The first kappa shape index (κ1) is 15.9. The molecule has 2 nitrogen and oxygen atoms in total. The summed E-state index contributed by atoms with van der Waals surface area (Å²) in [5.41, 5.74) is 0. The molecule has 1 saturated heterocycles. The summed E-state index contributed by atoms with van der Waals surface area (Å²) in [5, 5.41) is 0. The lowest BCUT2D eigenvalue weighted by Gasteiger charge is -2.37. The van der Waals surface area contributed by atoms with Crippen LogP contribution in [-0.2, 0) is 0 Å². The van der Waals surface area contributed by atoms with Crippen LogP contribution in [-0.4, -0.2) is 49.1 Å². The van der Waals surface area contributed by atoms with Crippen LogP contribution < -0.4 is 0 Å². The molecule has 0 aromatic carbocycles. The van der Waals surface area contributed by atoms with Crippen LogP contribution in [0.2, 0.25) is 0 Å². The van der Waals surface area contributed by atoms with Crippen molar-refractivity contribution in [3.8, 4) is 0 Å². The Morgan fingerprint density at radius 3 is 1.81 bits per heavy atom. The molecule has 1 rings (SSSR count). The van der Waals surface area contributed by atoms with Gasteiger partial charge in [0.25, 0.3) is 0 Å². The zero-order valence-electron chi connectivity index (χ0n) is 12.1. The second kappa shape index (κ2) is 10.1. The summed E-state index contributed by atoms with van der Waals surface area (Å²) >= 11 is 0. The first-order chi connectivity index (χ1) is 7.77. The van der Waals surface area contributed by atoms with Gasteiger partial charge in [-0.3, -0.25) is 0 Å². The number of hydrogen-bond donors (Lipinski definition) is 0. The van der Waals surface area contributed by atoms with E-state index >= 15 is 0 Å². The Morgan fingerprint density at radius 2 is 1.44 bits per heavy atom. The van der Waals surface area contributed by atoms with Gasteiger partial charge >= 0.3 is 0 Å². The SMILES string of the molecule is CC.CCCN(CCC)C1CCN(C)CC1. The van der Waals surface area contributed by atoms with Crippen molar-refractivity contribution in [2.24, 2.45) is 0 Å². The third-order valence-corrected chi connectivity index (χ3v) is 3.23. The van der Waals surface area contributed by atoms with E-state index in [4.69, 9.17) is 0 Å². The van der Waals surface area contributed by atoms with Gasteiger partial charge in [-0.25, -0.2) is 0 Å². The van der Waals surface area contributed by atoms with E-state index in [-0.39, 0.29) is 0 Å². The van der Waals surface area contributed by atoms with E-state index in [1.165, 1.54) is 51.9 Å². The maximum atomic E-state index is 2.70. The van der Waals surface area contributed by atoms with E-state index < -0.39 is 0 Å². The van der Waals surface area contributed by atoms with Gasteiger partial charge < -0.3 is 9.80 Å². The van der Waals surface area contributed by atoms with Crippen molar-refractivity contribution in [2.75, 3.05) is 33.2 Å². The highest BCUT2D eigenvalue weighted by atomic mass is 15.2. The molecular formula is C14H32N2. The normalized spacial score (nSPS) is 18.4. The van der Waals surface area contributed by atoms with E-state index in [1.54, 1.807) is 0 Å². The van der Waals surface area contributed by atoms with Gasteiger partial charge in [-0.15, -0.1) is 0 Å². The van der Waals surface area contributed by atoms with Crippen molar-refractivity contribution < 1.29 is 0 Å². The van der Waals surface area contributed by atoms with E-state index in [2.05, 4.69) is 30.7 Å². The average molecular weight is 228 g/mol. The van der Waals surface area contributed by atoms with Crippen LogP contribution >= 0.6 is 0 Å². The molecular weight excluding hydrogens is 196 g/mol. The summed E-state index contributed by atoms with van der Waals surface area (Å²) in [7, 11) is 2.24. The van der Waals surface area contributed by atoms with Crippen molar-refractivity contribution in [2.45, 2.75) is 59.4 Å². The molecule has 1 heterocycles. The Bertz CT molecular complexity index is 134. The molecule has 1 aliphatic rings. The minimum Gasteiger partial charge on any atom is -0.306 e. The Morgan fingerprint density at radius 1 is 1.00 bits per heavy atom. The Balaban J connectivity index is 0.00000106. The standard InChI is InChI=1S/C12H26N2.C2H6/c1-4-8-14(9-5-2)12-6-10-13(3)11-7-12;1-2/h12H,4-11H2,1-3H3;1-2H3. The van der Waals surface area contributed by atoms with Crippen molar-refractivity contribution in [3.05, 3.63) is 0 Å². The first-order valence-corrected chi connectivity index (χ1v) is 7.20. The van der Waals surface area contributed by atoms with Crippen molar-refractivity contribution in [1.82, 2.24) is 9.80 Å². The Labute approximate surface area is 103 Å². The molecule has 1 fully saturated rings. The molecule has 0 saturated carbocycles. The molecule has 0 N–H and O–H groups in total. The molecule has 0 atom stereocenters. The molecule has 0 aliphatic carbocycles. The van der Waals surface area contributed by atoms with Gasteiger partial charge in [0.05, 0.1) is 0 Å². The van der Waals surface area contributed by atoms with Crippen LogP contribution in [0.1, 0.15) is 53.4 Å². The van der Waals surface area contributed by atoms with Crippen molar-refractivity contribution in [1.29, 1.82) is 0 Å². The predicted octanol–water partition coefficient (Wildman–Crippen LogP) is 3.23. The van der Waals surface area contributed by atoms with Crippen LogP contribution in [0.4, 0.5) is 0 Å². The highest BCUT2D eigenvalue weighted by molar-refractivity contribution is 4.78. The van der Waals surface area contributed by atoms with E-state index in [0.29, 0.717) is 0 Å². The summed E-state index contributed by atoms with van der Waals surface area (Å²) in [6.45, 7) is 13.7. The highest BCUT2D eigenvalue weighted by Crippen LogP contribution is 2.16. The van der Waals surface area contributed by atoms with Crippen LogP contribution in [0.3, 0.4) is 0 Å². The lowest BCUT2D eigenvalue weighted by atomic mass is 10.0. The fraction of sp³-hybridized carbons (Fsp3) is 1.00. The third kappa shape index (κ3) is 5.86. The third-order valence-electron chi connectivity index (χ3n) is 3.23. The highest BCUT2D eigenvalue weighted by Gasteiger charge is 2.21. The zero-order chi connectivity index (χ0) is 12.4. The smallest absolute Gasteiger partial charge is 0.0120 e. The number of nitrogens with zero attached hydrogens (tertiary/aromatic N) is 2. The van der Waals surface area contributed by atoms with E-state index in [1.807, 2.05) is 13.8 Å². The van der Waals surface area contributed by atoms with Crippen LogP contribution in [0, 0.1) is 0 Å². The van der Waals surface area contributed by atoms with Crippen molar-refractivity contribution >= 4 is 0 Å². The van der Waals surface area contributed by atoms with E-state index in [0.717, 1.165) is 6.04 Å². The van der Waals surface area contributed by atoms with Gasteiger partial charge in [-0.1, -0.05) is 27.7 Å².